The molecule has 0 radical (unpaired) electrons. The van der Waals surface area contributed by atoms with Gasteiger partial charge in [-0.15, -0.1) is 0 Å². The molecule has 29 heavy (non-hydrogen) atoms. The van der Waals surface area contributed by atoms with E-state index in [2.05, 4.69) is 5.43 Å². The van der Waals surface area contributed by atoms with Crippen LogP contribution in [0.15, 0.2) is 95.9 Å². The van der Waals surface area contributed by atoms with Crippen molar-refractivity contribution in [3.8, 4) is 0 Å². The van der Waals surface area contributed by atoms with Crippen LogP contribution in [0.1, 0.15) is 17.5 Å². The normalized spacial score (nSPS) is 11.3. The lowest BCUT2D eigenvalue weighted by Crippen LogP contribution is -2.41. The molecule has 0 heterocycles. The van der Waals surface area contributed by atoms with Crippen LogP contribution in [0.5, 0.6) is 0 Å². The van der Waals surface area contributed by atoms with Gasteiger partial charge < -0.3 is 0 Å². The second-order valence-corrected chi connectivity index (χ2v) is 8.85. The summed E-state index contributed by atoms with van der Waals surface area (Å²) in [5.41, 5.74) is 4.98. The summed E-state index contributed by atoms with van der Waals surface area (Å²) in [5, 5.41) is 1.81. The summed E-state index contributed by atoms with van der Waals surface area (Å²) >= 11 is 0. The predicted molar refractivity (Wildman–Crippen MR) is 113 cm³/mol. The molecule has 1 N–H and O–H groups in total. The van der Waals surface area contributed by atoms with E-state index in [1.54, 1.807) is 30.3 Å². The molecule has 0 aromatic heterocycles. The number of sulfone groups is 1. The minimum atomic E-state index is -3.49. The summed E-state index contributed by atoms with van der Waals surface area (Å²) in [4.78, 5) is 12.7. The highest BCUT2D eigenvalue weighted by atomic mass is 32.2. The van der Waals surface area contributed by atoms with Crippen LogP contribution in [0.2, 0.25) is 0 Å². The van der Waals surface area contributed by atoms with E-state index in [1.807, 2.05) is 65.7 Å². The van der Waals surface area contributed by atoms with Crippen molar-refractivity contribution in [2.45, 2.75) is 24.4 Å². The quantitative estimate of drug-likeness (QED) is 0.550. The smallest absolute Gasteiger partial charge is 0.235 e. The fourth-order valence-corrected chi connectivity index (χ4v) is 4.21. The number of amides is 1. The second-order valence-electron chi connectivity index (χ2n) is 6.74. The Balaban J connectivity index is 1.64. The second kappa shape index (κ2) is 10.0. The van der Waals surface area contributed by atoms with E-state index < -0.39 is 9.84 Å². The lowest BCUT2D eigenvalue weighted by Gasteiger charge is -2.23. The van der Waals surface area contributed by atoms with E-state index in [-0.39, 0.29) is 23.0 Å². The first kappa shape index (κ1) is 20.8. The molecule has 0 bridgehead atoms. The maximum Gasteiger partial charge on any atom is 0.235 e. The first-order chi connectivity index (χ1) is 14.0. The molecule has 6 heteroatoms. The molecule has 0 aliphatic rings. The van der Waals surface area contributed by atoms with Crippen LogP contribution in [0.4, 0.5) is 0 Å². The molecule has 0 saturated carbocycles. The molecule has 0 aliphatic carbocycles. The number of nitrogens with zero attached hydrogens (tertiary/aromatic N) is 1. The first-order valence-corrected chi connectivity index (χ1v) is 11.1. The number of hydrogen-bond acceptors (Lipinski definition) is 4. The third-order valence-electron chi connectivity index (χ3n) is 4.42. The summed E-state index contributed by atoms with van der Waals surface area (Å²) in [6.07, 6.45) is -0.0999. The molecular weight excluding hydrogens is 384 g/mol. The van der Waals surface area contributed by atoms with Gasteiger partial charge in [-0.25, -0.2) is 13.4 Å². The van der Waals surface area contributed by atoms with E-state index in [4.69, 9.17) is 0 Å². The van der Waals surface area contributed by atoms with Crippen molar-refractivity contribution in [3.63, 3.8) is 0 Å². The Hall–Kier alpha value is -2.96. The SMILES string of the molecule is O=C(CCS(=O)(=O)c1ccccc1)NN(Cc1ccccc1)Cc1ccccc1. The summed E-state index contributed by atoms with van der Waals surface area (Å²) < 4.78 is 24.8. The van der Waals surface area contributed by atoms with E-state index in [0.717, 1.165) is 11.1 Å². The van der Waals surface area contributed by atoms with Gasteiger partial charge in [0.15, 0.2) is 9.84 Å². The lowest BCUT2D eigenvalue weighted by molar-refractivity contribution is -0.126. The number of hydrogen-bond donors (Lipinski definition) is 1. The topological polar surface area (TPSA) is 66.5 Å². The zero-order valence-corrected chi connectivity index (χ0v) is 16.9. The van der Waals surface area contributed by atoms with Crippen LogP contribution in [0.25, 0.3) is 0 Å². The van der Waals surface area contributed by atoms with Gasteiger partial charge in [0, 0.05) is 19.5 Å². The number of carbonyl (C=O) groups is 1. The van der Waals surface area contributed by atoms with Crippen molar-refractivity contribution < 1.29 is 13.2 Å². The van der Waals surface area contributed by atoms with Gasteiger partial charge in [-0.1, -0.05) is 78.9 Å². The number of rotatable bonds is 9. The summed E-state index contributed by atoms with van der Waals surface area (Å²) in [5.74, 6) is -0.552. The van der Waals surface area contributed by atoms with Gasteiger partial charge in [0.05, 0.1) is 10.6 Å². The summed E-state index contributed by atoms with van der Waals surface area (Å²) in [7, 11) is -3.49. The zero-order valence-electron chi connectivity index (χ0n) is 16.1. The van der Waals surface area contributed by atoms with Crippen LogP contribution in [-0.2, 0) is 27.7 Å². The minimum Gasteiger partial charge on any atom is -0.288 e. The van der Waals surface area contributed by atoms with Gasteiger partial charge in [-0.3, -0.25) is 10.2 Å². The van der Waals surface area contributed by atoms with Crippen molar-refractivity contribution in [3.05, 3.63) is 102 Å². The molecule has 0 fully saturated rings. The van der Waals surface area contributed by atoms with Gasteiger partial charge in [0.1, 0.15) is 0 Å². The number of hydrazine groups is 1. The van der Waals surface area contributed by atoms with E-state index in [1.165, 1.54) is 0 Å². The third kappa shape index (κ3) is 6.55. The van der Waals surface area contributed by atoms with Crippen molar-refractivity contribution in [1.82, 2.24) is 10.4 Å². The minimum absolute atomic E-state index is 0.0999. The summed E-state index contributed by atoms with van der Waals surface area (Å²) in [6.45, 7) is 1.04. The van der Waals surface area contributed by atoms with Crippen LogP contribution < -0.4 is 5.43 Å². The zero-order chi connectivity index (χ0) is 20.5. The van der Waals surface area contributed by atoms with Crippen LogP contribution in [0.3, 0.4) is 0 Å². The molecule has 0 aliphatic heterocycles. The molecule has 150 valence electrons. The lowest BCUT2D eigenvalue weighted by atomic mass is 10.2. The Morgan fingerprint density at radius 1 is 0.724 bits per heavy atom. The van der Waals surface area contributed by atoms with E-state index >= 15 is 0 Å². The van der Waals surface area contributed by atoms with Crippen molar-refractivity contribution in [2.75, 3.05) is 5.75 Å². The van der Waals surface area contributed by atoms with Crippen LogP contribution in [-0.4, -0.2) is 25.1 Å². The predicted octanol–water partition coefficient (Wildman–Crippen LogP) is 3.58. The molecular formula is C23H24N2O3S. The highest BCUT2D eigenvalue weighted by Crippen LogP contribution is 2.12. The van der Waals surface area contributed by atoms with Crippen molar-refractivity contribution in [1.29, 1.82) is 0 Å². The molecule has 0 atom stereocenters. The van der Waals surface area contributed by atoms with Crippen LogP contribution >= 0.6 is 0 Å². The summed E-state index contributed by atoms with van der Waals surface area (Å²) in [6, 6.07) is 27.8. The highest BCUT2D eigenvalue weighted by molar-refractivity contribution is 7.91. The molecule has 1 amide bonds. The van der Waals surface area contributed by atoms with Gasteiger partial charge in [0.2, 0.25) is 5.91 Å². The number of benzene rings is 3. The molecule has 3 rings (SSSR count). The van der Waals surface area contributed by atoms with Crippen molar-refractivity contribution in [2.24, 2.45) is 0 Å². The average molecular weight is 409 g/mol. The molecule has 0 unspecified atom stereocenters. The average Bonchev–Trinajstić information content (AvgIpc) is 2.74. The molecule has 0 spiro atoms. The molecule has 3 aromatic carbocycles. The van der Waals surface area contributed by atoms with Crippen LogP contribution in [0, 0.1) is 0 Å². The Labute approximate surface area is 171 Å². The largest absolute Gasteiger partial charge is 0.288 e. The Morgan fingerprint density at radius 2 is 1.17 bits per heavy atom. The fraction of sp³-hybridized carbons (Fsp3) is 0.174. The Morgan fingerprint density at radius 3 is 1.66 bits per heavy atom. The maximum atomic E-state index is 12.5. The standard InChI is InChI=1S/C23H24N2O3S/c26-23(16-17-29(27,28)22-14-8-3-9-15-22)24-25(18-20-10-4-1-5-11-20)19-21-12-6-2-7-13-21/h1-15H,16-19H2,(H,24,26). The van der Waals surface area contributed by atoms with Gasteiger partial charge >= 0.3 is 0 Å². The third-order valence-corrected chi connectivity index (χ3v) is 6.15. The van der Waals surface area contributed by atoms with Gasteiger partial charge in [0.25, 0.3) is 0 Å². The van der Waals surface area contributed by atoms with E-state index in [0.29, 0.717) is 13.1 Å². The van der Waals surface area contributed by atoms with E-state index in [9.17, 15) is 13.2 Å². The molecule has 3 aromatic rings. The molecule has 0 saturated heterocycles. The highest BCUT2D eigenvalue weighted by Gasteiger charge is 2.17. The number of carbonyl (C=O) groups excluding carboxylic acids is 1. The first-order valence-electron chi connectivity index (χ1n) is 9.43. The van der Waals surface area contributed by atoms with Gasteiger partial charge in [-0.05, 0) is 23.3 Å². The Bertz CT molecular complexity index is 966. The molecule has 5 nitrogen and oxygen atoms in total. The fourth-order valence-electron chi connectivity index (χ4n) is 2.95. The van der Waals surface area contributed by atoms with Crippen molar-refractivity contribution >= 4 is 15.7 Å². The van der Waals surface area contributed by atoms with Gasteiger partial charge in [-0.2, -0.15) is 0 Å². The maximum absolute atomic E-state index is 12.5. The number of nitrogens with one attached hydrogen (secondary N) is 1. The Kier molecular flexibility index (Phi) is 7.16. The monoisotopic (exact) mass is 408 g/mol.